The Morgan fingerprint density at radius 1 is 0.818 bits per heavy atom. The number of hydrogen-bond acceptors (Lipinski definition) is 3. The van der Waals surface area contributed by atoms with Crippen LogP contribution in [0.25, 0.3) is 0 Å². The fourth-order valence-electron chi connectivity index (χ4n) is 3.06. The van der Waals surface area contributed by atoms with Gasteiger partial charge in [0, 0.05) is 16.9 Å². The molecule has 1 rings (SSSR count). The van der Waals surface area contributed by atoms with Gasteiger partial charge in [0.1, 0.15) is 0 Å². The predicted octanol–water partition coefficient (Wildman–Crippen LogP) is 6.12. The lowest BCUT2D eigenvalue weighted by Crippen LogP contribution is -1.99. The van der Waals surface area contributed by atoms with Gasteiger partial charge >= 0.3 is 5.97 Å². The smallest absolute Gasteiger partial charge is 0.305 e. The van der Waals surface area contributed by atoms with E-state index in [2.05, 4.69) is 23.4 Å². The first kappa shape index (κ1) is 19.9. The molecule has 0 aliphatic carbocycles. The highest BCUT2D eigenvalue weighted by atomic mass is 32.2. The Balaban J connectivity index is 1.78. The third-order valence-corrected chi connectivity index (χ3v) is 6.14. The number of unbranched alkanes of at least 4 members (excludes halogenated alkanes) is 9. The van der Waals surface area contributed by atoms with Crippen molar-refractivity contribution in [2.75, 3.05) is 7.11 Å². The number of carbonyl (C=O) groups excluding carboxylic acids is 1. The summed E-state index contributed by atoms with van der Waals surface area (Å²) in [7, 11) is 1.47. The topological polar surface area (TPSA) is 26.3 Å². The minimum absolute atomic E-state index is 0.0617. The Labute approximate surface area is 142 Å². The zero-order valence-corrected chi connectivity index (χ0v) is 15.6. The Bertz CT molecular complexity index is 281. The van der Waals surface area contributed by atoms with Crippen LogP contribution in [-0.4, -0.2) is 23.6 Å². The second-order valence-electron chi connectivity index (χ2n) is 6.65. The van der Waals surface area contributed by atoms with E-state index in [0.717, 1.165) is 16.9 Å². The van der Waals surface area contributed by atoms with Gasteiger partial charge in [-0.25, -0.2) is 0 Å². The molecule has 0 saturated carbocycles. The maximum absolute atomic E-state index is 11.0. The average molecular weight is 329 g/mol. The van der Waals surface area contributed by atoms with Gasteiger partial charge in [0.2, 0.25) is 0 Å². The molecule has 22 heavy (non-hydrogen) atoms. The predicted molar refractivity (Wildman–Crippen MR) is 97.5 cm³/mol. The van der Waals surface area contributed by atoms with Crippen LogP contribution in [0.2, 0.25) is 0 Å². The molecule has 0 amide bonds. The van der Waals surface area contributed by atoms with Gasteiger partial charge in [0.05, 0.1) is 7.11 Å². The summed E-state index contributed by atoms with van der Waals surface area (Å²) in [5, 5.41) is 1.89. The lowest BCUT2D eigenvalue weighted by molar-refractivity contribution is -0.140. The highest BCUT2D eigenvalue weighted by Gasteiger charge is 2.36. The number of rotatable bonds is 15. The summed E-state index contributed by atoms with van der Waals surface area (Å²) in [6, 6.07) is 0. The molecule has 0 aromatic carbocycles. The van der Waals surface area contributed by atoms with E-state index in [1.54, 1.807) is 0 Å². The van der Waals surface area contributed by atoms with E-state index in [0.29, 0.717) is 6.42 Å². The molecular weight excluding hydrogens is 292 g/mol. The maximum atomic E-state index is 11.0. The summed E-state index contributed by atoms with van der Waals surface area (Å²) in [6.07, 6.45) is 18.2. The maximum Gasteiger partial charge on any atom is 0.305 e. The molecule has 0 bridgehead atoms. The molecular formula is C19H36O2S. The number of methoxy groups -OCH3 is 1. The lowest BCUT2D eigenvalue weighted by Gasteiger charge is -2.02. The van der Waals surface area contributed by atoms with Crippen molar-refractivity contribution in [3.05, 3.63) is 0 Å². The van der Waals surface area contributed by atoms with Crippen LogP contribution in [0.15, 0.2) is 0 Å². The molecule has 1 aliphatic heterocycles. The zero-order valence-electron chi connectivity index (χ0n) is 14.8. The SMILES string of the molecule is CCCCCCCCCCC1SC1CCCCCC(=O)OC. The zero-order chi connectivity index (χ0) is 16.0. The molecule has 1 fully saturated rings. The molecule has 1 aliphatic rings. The van der Waals surface area contributed by atoms with Crippen LogP contribution in [0.4, 0.5) is 0 Å². The minimum Gasteiger partial charge on any atom is -0.469 e. The summed E-state index contributed by atoms with van der Waals surface area (Å²) in [5.74, 6) is -0.0617. The Hall–Kier alpha value is -0.180. The van der Waals surface area contributed by atoms with Crippen molar-refractivity contribution >= 4 is 17.7 Å². The third kappa shape index (κ3) is 10.5. The molecule has 1 saturated heterocycles. The Morgan fingerprint density at radius 2 is 1.32 bits per heavy atom. The van der Waals surface area contributed by atoms with Crippen molar-refractivity contribution in [1.29, 1.82) is 0 Å². The van der Waals surface area contributed by atoms with Gasteiger partial charge in [-0.3, -0.25) is 4.79 Å². The van der Waals surface area contributed by atoms with E-state index in [9.17, 15) is 4.79 Å². The normalized spacial score (nSPS) is 20.1. The van der Waals surface area contributed by atoms with E-state index in [1.807, 2.05) is 0 Å². The van der Waals surface area contributed by atoms with Gasteiger partial charge in [-0.15, -0.1) is 0 Å². The summed E-state index contributed by atoms with van der Waals surface area (Å²) in [5.41, 5.74) is 0. The Morgan fingerprint density at radius 3 is 1.86 bits per heavy atom. The molecule has 0 aromatic rings. The Kier molecular flexibility index (Phi) is 12.0. The van der Waals surface area contributed by atoms with Crippen molar-refractivity contribution in [3.63, 3.8) is 0 Å². The van der Waals surface area contributed by atoms with Crippen molar-refractivity contribution < 1.29 is 9.53 Å². The van der Waals surface area contributed by atoms with Crippen molar-refractivity contribution in [1.82, 2.24) is 0 Å². The summed E-state index contributed by atoms with van der Waals surface area (Å²) in [6.45, 7) is 2.28. The summed E-state index contributed by atoms with van der Waals surface area (Å²) >= 11 is 2.19. The van der Waals surface area contributed by atoms with Crippen LogP contribution >= 0.6 is 11.8 Å². The highest BCUT2D eigenvalue weighted by Crippen LogP contribution is 2.47. The quantitative estimate of drug-likeness (QED) is 0.206. The number of hydrogen-bond donors (Lipinski definition) is 0. The average Bonchev–Trinajstić information content (AvgIpc) is 3.27. The second kappa shape index (κ2) is 13.3. The standard InChI is InChI=1S/C19H36O2S/c1-3-4-5-6-7-8-9-11-14-17-18(22-17)15-12-10-13-16-19(20)21-2/h17-18H,3-16H2,1-2H3. The fourth-order valence-corrected chi connectivity index (χ4v) is 4.30. The van der Waals surface area contributed by atoms with Crippen molar-refractivity contribution in [3.8, 4) is 0 Å². The third-order valence-electron chi connectivity index (χ3n) is 4.63. The molecule has 1 heterocycles. The van der Waals surface area contributed by atoms with Crippen LogP contribution < -0.4 is 0 Å². The highest BCUT2D eigenvalue weighted by molar-refractivity contribution is 8.07. The van der Waals surface area contributed by atoms with Gasteiger partial charge in [0.15, 0.2) is 0 Å². The first-order chi connectivity index (χ1) is 10.8. The van der Waals surface area contributed by atoms with Crippen molar-refractivity contribution in [2.45, 2.75) is 107 Å². The van der Waals surface area contributed by atoms with Crippen LogP contribution in [0.3, 0.4) is 0 Å². The number of thioether (sulfide) groups is 1. The monoisotopic (exact) mass is 328 g/mol. The van der Waals surface area contributed by atoms with Gasteiger partial charge in [-0.2, -0.15) is 11.8 Å². The lowest BCUT2D eigenvalue weighted by atomic mass is 10.0. The number of ether oxygens (including phenoxy) is 1. The van der Waals surface area contributed by atoms with Gasteiger partial charge in [-0.1, -0.05) is 71.1 Å². The van der Waals surface area contributed by atoms with E-state index in [-0.39, 0.29) is 5.97 Å². The summed E-state index contributed by atoms with van der Waals surface area (Å²) < 4.78 is 4.66. The van der Waals surface area contributed by atoms with Gasteiger partial charge in [0.25, 0.3) is 0 Å². The second-order valence-corrected chi connectivity index (χ2v) is 8.14. The van der Waals surface area contributed by atoms with Crippen LogP contribution in [0.1, 0.15) is 96.8 Å². The molecule has 130 valence electrons. The first-order valence-electron chi connectivity index (χ1n) is 9.50. The minimum atomic E-state index is -0.0617. The first-order valence-corrected chi connectivity index (χ1v) is 10.4. The molecule has 0 aromatic heterocycles. The van der Waals surface area contributed by atoms with E-state index >= 15 is 0 Å². The molecule has 0 radical (unpaired) electrons. The summed E-state index contributed by atoms with van der Waals surface area (Å²) in [4.78, 5) is 11.0. The molecule has 3 heteroatoms. The largest absolute Gasteiger partial charge is 0.469 e. The fraction of sp³-hybridized carbons (Fsp3) is 0.947. The molecule has 2 atom stereocenters. The van der Waals surface area contributed by atoms with E-state index in [1.165, 1.54) is 84.2 Å². The van der Waals surface area contributed by atoms with Crippen LogP contribution in [-0.2, 0) is 9.53 Å². The molecule has 2 nitrogen and oxygen atoms in total. The van der Waals surface area contributed by atoms with Crippen molar-refractivity contribution in [2.24, 2.45) is 0 Å². The van der Waals surface area contributed by atoms with Gasteiger partial charge in [-0.05, 0) is 19.3 Å². The van der Waals surface area contributed by atoms with Gasteiger partial charge < -0.3 is 4.74 Å². The van der Waals surface area contributed by atoms with E-state index < -0.39 is 0 Å². The molecule has 0 spiro atoms. The number of carbonyl (C=O) groups is 1. The number of esters is 1. The molecule has 0 N–H and O–H groups in total. The van der Waals surface area contributed by atoms with Crippen LogP contribution in [0.5, 0.6) is 0 Å². The van der Waals surface area contributed by atoms with E-state index in [4.69, 9.17) is 0 Å². The molecule has 2 unspecified atom stereocenters. The van der Waals surface area contributed by atoms with Crippen LogP contribution in [0, 0.1) is 0 Å².